The van der Waals surface area contributed by atoms with Crippen LogP contribution in [0.5, 0.6) is 0 Å². The lowest BCUT2D eigenvalue weighted by atomic mass is 10.2. The van der Waals surface area contributed by atoms with E-state index < -0.39 is 0 Å². The maximum absolute atomic E-state index is 13.2. The van der Waals surface area contributed by atoms with Gasteiger partial charge < -0.3 is 5.73 Å². The molecular weight excluding hydrogens is 337 g/mol. The first-order valence-corrected chi connectivity index (χ1v) is 7.33. The molecule has 0 heterocycles. The molecule has 0 fully saturated rings. The molecule has 0 aliphatic carbocycles. The number of halogens is 3. The average Bonchev–Trinajstić information content (AvgIpc) is 2.27. The van der Waals surface area contributed by atoms with Crippen LogP contribution in [0.15, 0.2) is 45.8 Å². The van der Waals surface area contributed by atoms with Crippen LogP contribution in [0.2, 0.25) is 5.02 Å². The second kappa shape index (κ2) is 5.95. The molecular formula is C13H10BrClFNS. The maximum atomic E-state index is 13.2. The fourth-order valence-corrected chi connectivity index (χ4v) is 3.30. The molecule has 1 nitrogen and oxygen atoms in total. The largest absolute Gasteiger partial charge is 0.398 e. The molecule has 5 heteroatoms. The first kappa shape index (κ1) is 13.7. The summed E-state index contributed by atoms with van der Waals surface area (Å²) in [6, 6.07) is 10.2. The summed E-state index contributed by atoms with van der Waals surface area (Å²) < 4.78 is 13.9. The Hall–Kier alpha value is -0.710. The average molecular weight is 347 g/mol. The number of thioether (sulfide) groups is 1. The first-order chi connectivity index (χ1) is 8.56. The van der Waals surface area contributed by atoms with Gasteiger partial charge in [0.15, 0.2) is 0 Å². The van der Waals surface area contributed by atoms with Crippen molar-refractivity contribution in [3.8, 4) is 0 Å². The van der Waals surface area contributed by atoms with Crippen LogP contribution in [0, 0.1) is 5.82 Å². The van der Waals surface area contributed by atoms with Crippen molar-refractivity contribution in [3.63, 3.8) is 0 Å². The van der Waals surface area contributed by atoms with Gasteiger partial charge in [0.05, 0.1) is 5.02 Å². The predicted octanol–water partition coefficient (Wildman–Crippen LogP) is 5.12. The van der Waals surface area contributed by atoms with E-state index >= 15 is 0 Å². The SMILES string of the molecule is Nc1cccc(Cl)c1SCc1cc(F)cc(Br)c1. The molecule has 2 aromatic rings. The molecule has 0 unspecified atom stereocenters. The van der Waals surface area contributed by atoms with Gasteiger partial charge in [-0.1, -0.05) is 33.6 Å². The van der Waals surface area contributed by atoms with Crippen molar-refractivity contribution in [2.24, 2.45) is 0 Å². The minimum absolute atomic E-state index is 0.257. The zero-order chi connectivity index (χ0) is 13.1. The van der Waals surface area contributed by atoms with Crippen LogP contribution in [0.4, 0.5) is 10.1 Å². The van der Waals surface area contributed by atoms with Crippen LogP contribution in [0.25, 0.3) is 0 Å². The first-order valence-electron chi connectivity index (χ1n) is 5.18. The van der Waals surface area contributed by atoms with E-state index in [1.165, 1.54) is 23.9 Å². The van der Waals surface area contributed by atoms with Crippen molar-refractivity contribution in [2.45, 2.75) is 10.6 Å². The van der Waals surface area contributed by atoms with Crippen molar-refractivity contribution in [2.75, 3.05) is 5.73 Å². The van der Waals surface area contributed by atoms with Gasteiger partial charge in [-0.3, -0.25) is 0 Å². The Bertz CT molecular complexity index is 536. The minimum Gasteiger partial charge on any atom is -0.398 e. The molecule has 94 valence electrons. The number of hydrogen-bond donors (Lipinski definition) is 1. The molecule has 0 saturated heterocycles. The number of nitrogen functional groups attached to an aromatic ring is 1. The Kier molecular flexibility index (Phi) is 4.54. The van der Waals surface area contributed by atoms with Crippen molar-refractivity contribution in [1.29, 1.82) is 0 Å². The summed E-state index contributed by atoms with van der Waals surface area (Å²) in [5.41, 5.74) is 7.38. The summed E-state index contributed by atoms with van der Waals surface area (Å²) in [5.74, 6) is 0.358. The monoisotopic (exact) mass is 345 g/mol. The fraction of sp³-hybridized carbons (Fsp3) is 0.0769. The summed E-state index contributed by atoms with van der Waals surface area (Å²) in [6.45, 7) is 0. The molecule has 2 N–H and O–H groups in total. The highest BCUT2D eigenvalue weighted by molar-refractivity contribution is 9.10. The third-order valence-corrected chi connectivity index (χ3v) is 4.41. The number of benzene rings is 2. The van der Waals surface area contributed by atoms with Crippen molar-refractivity contribution in [1.82, 2.24) is 0 Å². The summed E-state index contributed by atoms with van der Waals surface area (Å²) in [5, 5.41) is 0.621. The van der Waals surface area contributed by atoms with Crippen LogP contribution in [-0.4, -0.2) is 0 Å². The molecule has 0 bridgehead atoms. The third-order valence-electron chi connectivity index (χ3n) is 2.30. The number of rotatable bonds is 3. The van der Waals surface area contributed by atoms with Crippen LogP contribution >= 0.6 is 39.3 Å². The number of anilines is 1. The highest BCUT2D eigenvalue weighted by Crippen LogP contribution is 2.34. The van der Waals surface area contributed by atoms with Crippen molar-refractivity contribution >= 4 is 45.0 Å². The van der Waals surface area contributed by atoms with Gasteiger partial charge in [0.1, 0.15) is 5.82 Å². The van der Waals surface area contributed by atoms with Crippen LogP contribution in [0.1, 0.15) is 5.56 Å². The predicted molar refractivity (Wildman–Crippen MR) is 79.5 cm³/mol. The Morgan fingerprint density at radius 1 is 1.28 bits per heavy atom. The van der Waals surface area contributed by atoms with E-state index in [0.717, 1.165) is 14.9 Å². The third kappa shape index (κ3) is 3.40. The summed E-state index contributed by atoms with van der Waals surface area (Å²) in [6.07, 6.45) is 0. The van der Waals surface area contributed by atoms with Crippen molar-refractivity contribution in [3.05, 3.63) is 57.3 Å². The van der Waals surface area contributed by atoms with Gasteiger partial charge in [-0.05, 0) is 35.9 Å². The van der Waals surface area contributed by atoms with Gasteiger partial charge >= 0.3 is 0 Å². The maximum Gasteiger partial charge on any atom is 0.124 e. The van der Waals surface area contributed by atoms with Crippen LogP contribution in [0.3, 0.4) is 0 Å². The summed E-state index contributed by atoms with van der Waals surface area (Å²) in [7, 11) is 0. The van der Waals surface area contributed by atoms with Crippen LogP contribution < -0.4 is 5.73 Å². The van der Waals surface area contributed by atoms with E-state index in [1.807, 2.05) is 6.07 Å². The van der Waals surface area contributed by atoms with E-state index in [1.54, 1.807) is 18.2 Å². The normalized spacial score (nSPS) is 10.6. The van der Waals surface area contributed by atoms with Gasteiger partial charge in [0, 0.05) is 20.8 Å². The lowest BCUT2D eigenvalue weighted by Gasteiger charge is -2.08. The van der Waals surface area contributed by atoms with Gasteiger partial charge in [0.25, 0.3) is 0 Å². The number of hydrogen-bond acceptors (Lipinski definition) is 2. The van der Waals surface area contributed by atoms with E-state index in [9.17, 15) is 4.39 Å². The molecule has 0 aromatic heterocycles. The minimum atomic E-state index is -0.257. The zero-order valence-corrected chi connectivity index (χ0v) is 12.4. The lowest BCUT2D eigenvalue weighted by Crippen LogP contribution is -1.90. The molecule has 0 aliphatic rings. The van der Waals surface area contributed by atoms with Gasteiger partial charge in [-0.25, -0.2) is 4.39 Å². The standard InChI is InChI=1S/C13H10BrClFNS/c14-9-4-8(5-10(16)6-9)7-18-13-11(15)2-1-3-12(13)17/h1-6H,7,17H2. The topological polar surface area (TPSA) is 26.0 Å². The highest BCUT2D eigenvalue weighted by atomic mass is 79.9. The molecule has 18 heavy (non-hydrogen) atoms. The summed E-state index contributed by atoms with van der Waals surface area (Å²) in [4.78, 5) is 0.833. The Labute approximate surface area is 123 Å². The Morgan fingerprint density at radius 2 is 2.06 bits per heavy atom. The van der Waals surface area contributed by atoms with Crippen LogP contribution in [-0.2, 0) is 5.75 Å². The second-order valence-electron chi connectivity index (χ2n) is 3.72. The molecule has 2 rings (SSSR count). The molecule has 0 amide bonds. The second-order valence-corrected chi connectivity index (χ2v) is 6.03. The molecule has 0 saturated carbocycles. The van der Waals surface area contributed by atoms with E-state index in [-0.39, 0.29) is 5.82 Å². The van der Waals surface area contributed by atoms with E-state index in [0.29, 0.717) is 16.5 Å². The fourth-order valence-electron chi connectivity index (χ4n) is 1.53. The van der Waals surface area contributed by atoms with Gasteiger partial charge in [0.2, 0.25) is 0 Å². The number of nitrogens with two attached hydrogens (primary N) is 1. The molecule has 0 aliphatic heterocycles. The van der Waals surface area contributed by atoms with E-state index in [2.05, 4.69) is 15.9 Å². The van der Waals surface area contributed by atoms with Gasteiger partial charge in [-0.2, -0.15) is 0 Å². The molecule has 0 radical (unpaired) electrons. The molecule has 0 spiro atoms. The smallest absolute Gasteiger partial charge is 0.124 e. The Balaban J connectivity index is 2.16. The van der Waals surface area contributed by atoms with Gasteiger partial charge in [-0.15, -0.1) is 11.8 Å². The highest BCUT2D eigenvalue weighted by Gasteiger charge is 2.06. The zero-order valence-electron chi connectivity index (χ0n) is 9.29. The molecule has 0 atom stereocenters. The lowest BCUT2D eigenvalue weighted by molar-refractivity contribution is 0.625. The quantitative estimate of drug-likeness (QED) is 0.617. The summed E-state index contributed by atoms with van der Waals surface area (Å²) >= 11 is 10.8. The van der Waals surface area contributed by atoms with E-state index in [4.69, 9.17) is 17.3 Å². The van der Waals surface area contributed by atoms with Crippen molar-refractivity contribution < 1.29 is 4.39 Å². The Morgan fingerprint density at radius 3 is 2.72 bits per heavy atom. The molecule has 2 aromatic carbocycles.